The molecule has 2 aromatic rings. The van der Waals surface area contributed by atoms with E-state index in [2.05, 4.69) is 0 Å². The molecule has 5 rings (SSSR count). The number of benzene rings is 2. The molecule has 3 saturated heterocycles. The van der Waals surface area contributed by atoms with Crippen LogP contribution in [0.2, 0.25) is 0 Å². The van der Waals surface area contributed by atoms with E-state index in [1.54, 1.807) is 4.90 Å². The van der Waals surface area contributed by atoms with Gasteiger partial charge in [-0.05, 0) is 23.3 Å². The van der Waals surface area contributed by atoms with Crippen molar-refractivity contribution in [3.63, 3.8) is 0 Å². The molecule has 0 aliphatic carbocycles. The van der Waals surface area contributed by atoms with E-state index >= 15 is 0 Å². The molecule has 1 N–H and O–H groups in total. The van der Waals surface area contributed by atoms with Gasteiger partial charge in [0, 0.05) is 13.0 Å². The zero-order valence-corrected chi connectivity index (χ0v) is 15.8. The summed E-state index contributed by atoms with van der Waals surface area (Å²) in [4.78, 5) is 29.4. The molecule has 2 aromatic carbocycles. The fourth-order valence-electron chi connectivity index (χ4n) is 5.00. The van der Waals surface area contributed by atoms with Gasteiger partial charge in [0.15, 0.2) is 17.3 Å². The number of halogens is 1. The fourth-order valence-corrected chi connectivity index (χ4v) is 5.00. The minimum absolute atomic E-state index is 0.00506. The van der Waals surface area contributed by atoms with Crippen LogP contribution in [-0.2, 0) is 20.7 Å². The molecule has 3 heterocycles. The van der Waals surface area contributed by atoms with Gasteiger partial charge in [-0.15, -0.1) is 0 Å². The van der Waals surface area contributed by atoms with Crippen LogP contribution in [0.1, 0.15) is 30.0 Å². The topological polar surface area (TPSA) is 70.1 Å². The van der Waals surface area contributed by atoms with Crippen LogP contribution in [0.25, 0.3) is 0 Å². The molecule has 0 saturated carbocycles. The number of nitrogens with zero attached hydrogens (tertiary/aromatic N) is 2. The third-order valence-electron chi connectivity index (χ3n) is 6.33. The number of phenols is 1. The zero-order valence-electron chi connectivity index (χ0n) is 15.8. The summed E-state index contributed by atoms with van der Waals surface area (Å²) in [5, 5.41) is 9.33. The van der Waals surface area contributed by atoms with E-state index in [1.807, 2.05) is 35.2 Å². The van der Waals surface area contributed by atoms with Crippen molar-refractivity contribution in [2.24, 2.45) is 0 Å². The Kier molecular flexibility index (Phi) is 4.10. The van der Waals surface area contributed by atoms with Gasteiger partial charge in [-0.2, -0.15) is 0 Å². The molecule has 29 heavy (non-hydrogen) atoms. The number of carbonyl (C=O) groups is 2. The lowest BCUT2D eigenvalue weighted by Crippen LogP contribution is -2.49. The number of amides is 2. The molecule has 7 heteroatoms. The number of likely N-dealkylation sites (tertiary alicyclic amines) is 1. The second-order valence-electron chi connectivity index (χ2n) is 7.87. The lowest BCUT2D eigenvalue weighted by molar-refractivity contribution is -0.141. The van der Waals surface area contributed by atoms with Crippen LogP contribution in [0.3, 0.4) is 0 Å². The number of hydrogen-bond donors (Lipinski definition) is 1. The van der Waals surface area contributed by atoms with Gasteiger partial charge in [-0.1, -0.05) is 36.4 Å². The number of ether oxygens (including phenoxy) is 1. The van der Waals surface area contributed by atoms with Gasteiger partial charge in [-0.25, -0.2) is 4.39 Å². The maximum atomic E-state index is 13.6. The summed E-state index contributed by atoms with van der Waals surface area (Å²) >= 11 is 0. The van der Waals surface area contributed by atoms with E-state index < -0.39 is 17.3 Å². The van der Waals surface area contributed by atoms with E-state index in [9.17, 15) is 19.1 Å². The Morgan fingerprint density at radius 1 is 1.24 bits per heavy atom. The quantitative estimate of drug-likeness (QED) is 0.865. The number of carbonyl (C=O) groups excluding carboxylic acids is 2. The number of rotatable bonds is 3. The minimum atomic E-state index is -0.770. The molecule has 0 unspecified atom stereocenters. The van der Waals surface area contributed by atoms with Gasteiger partial charge >= 0.3 is 0 Å². The lowest BCUT2D eigenvalue weighted by Gasteiger charge is -2.33. The average molecular weight is 396 g/mol. The Balaban J connectivity index is 1.38. The second-order valence-corrected chi connectivity index (χ2v) is 7.87. The Bertz CT molecular complexity index is 982. The maximum absolute atomic E-state index is 13.6. The van der Waals surface area contributed by atoms with Crippen LogP contribution in [0, 0.1) is 5.82 Å². The van der Waals surface area contributed by atoms with Crippen molar-refractivity contribution >= 4 is 11.8 Å². The Morgan fingerprint density at radius 2 is 2.03 bits per heavy atom. The van der Waals surface area contributed by atoms with Gasteiger partial charge < -0.3 is 19.6 Å². The van der Waals surface area contributed by atoms with Crippen molar-refractivity contribution in [2.75, 3.05) is 13.2 Å². The molecule has 3 fully saturated rings. The first-order chi connectivity index (χ1) is 14.0. The van der Waals surface area contributed by atoms with E-state index in [4.69, 9.17) is 4.74 Å². The first-order valence-corrected chi connectivity index (χ1v) is 9.77. The molecule has 3 aliphatic heterocycles. The Hall–Kier alpha value is -2.93. The van der Waals surface area contributed by atoms with Crippen LogP contribution >= 0.6 is 0 Å². The van der Waals surface area contributed by atoms with E-state index in [0.717, 1.165) is 5.56 Å². The molecule has 3 atom stereocenters. The van der Waals surface area contributed by atoms with E-state index in [0.29, 0.717) is 25.1 Å². The maximum Gasteiger partial charge on any atom is 0.227 e. The van der Waals surface area contributed by atoms with Crippen molar-refractivity contribution in [3.8, 4) is 5.75 Å². The monoisotopic (exact) mass is 396 g/mol. The highest BCUT2D eigenvalue weighted by Crippen LogP contribution is 2.51. The summed E-state index contributed by atoms with van der Waals surface area (Å²) < 4.78 is 19.8. The smallest absolute Gasteiger partial charge is 0.227 e. The second kappa shape index (κ2) is 6.56. The summed E-state index contributed by atoms with van der Waals surface area (Å²) in [6.45, 7) is 0.910. The van der Waals surface area contributed by atoms with Crippen LogP contribution in [0.5, 0.6) is 5.75 Å². The van der Waals surface area contributed by atoms with Gasteiger partial charge in [0.25, 0.3) is 0 Å². The molecule has 150 valence electrons. The molecular weight excluding hydrogens is 375 g/mol. The third kappa shape index (κ3) is 2.72. The highest BCUT2D eigenvalue weighted by atomic mass is 19.1. The van der Waals surface area contributed by atoms with Crippen molar-refractivity contribution in [3.05, 3.63) is 65.5 Å². The zero-order chi connectivity index (χ0) is 20.2. The average Bonchev–Trinajstić information content (AvgIpc) is 3.34. The van der Waals surface area contributed by atoms with Crippen LogP contribution in [0.4, 0.5) is 4.39 Å². The lowest BCUT2D eigenvalue weighted by atomic mass is 10.0. The highest BCUT2D eigenvalue weighted by Gasteiger charge is 2.65. The largest absolute Gasteiger partial charge is 0.505 e. The van der Waals surface area contributed by atoms with Gasteiger partial charge in [0.05, 0.1) is 31.5 Å². The van der Waals surface area contributed by atoms with Gasteiger partial charge in [0.1, 0.15) is 0 Å². The fraction of sp³-hybridized carbons (Fsp3) is 0.364. The normalized spacial score (nSPS) is 28.0. The third-order valence-corrected chi connectivity index (χ3v) is 6.33. The summed E-state index contributed by atoms with van der Waals surface area (Å²) in [7, 11) is 0. The first-order valence-electron chi connectivity index (χ1n) is 9.77. The van der Waals surface area contributed by atoms with Crippen molar-refractivity contribution < 1.29 is 23.8 Å². The Labute approximate surface area is 167 Å². The summed E-state index contributed by atoms with van der Waals surface area (Å²) in [5.41, 5.74) is 0.748. The van der Waals surface area contributed by atoms with E-state index in [1.165, 1.54) is 18.2 Å². The highest BCUT2D eigenvalue weighted by molar-refractivity contribution is 5.86. The molecule has 2 amide bonds. The van der Waals surface area contributed by atoms with Crippen LogP contribution < -0.4 is 0 Å². The van der Waals surface area contributed by atoms with Crippen LogP contribution in [-0.4, -0.2) is 51.6 Å². The standard InChI is InChI=1S/C22H21FN2O4/c23-16-10-14(6-7-18(16)26)11-20(27)24-9-8-22-19(24)12-21(28)25(22)17(13-29-22)15-4-2-1-3-5-15/h1-7,10,17,19,26H,8-9,11-13H2/t17-,19+,22-/m0/s1. The van der Waals surface area contributed by atoms with E-state index in [-0.39, 0.29) is 36.7 Å². The first kappa shape index (κ1) is 18.1. The number of phenolic OH excluding ortho intramolecular Hbond substituents is 1. The predicted octanol–water partition coefficient (Wildman–Crippen LogP) is 2.37. The minimum Gasteiger partial charge on any atom is -0.505 e. The summed E-state index contributed by atoms with van der Waals surface area (Å²) in [6.07, 6.45) is 0.821. The Morgan fingerprint density at radius 3 is 2.79 bits per heavy atom. The van der Waals surface area contributed by atoms with Crippen LogP contribution in [0.15, 0.2) is 48.5 Å². The molecule has 0 radical (unpaired) electrons. The molecule has 0 bridgehead atoms. The molecule has 0 aromatic heterocycles. The molecule has 3 aliphatic rings. The van der Waals surface area contributed by atoms with Crippen molar-refractivity contribution in [1.82, 2.24) is 9.80 Å². The molecular formula is C22H21FN2O4. The summed E-state index contributed by atoms with van der Waals surface area (Å²) in [5.74, 6) is -1.36. The number of aromatic hydroxyl groups is 1. The SMILES string of the molecule is O=C(Cc1ccc(O)c(F)c1)N1CC[C@@]23OC[C@@H](c4ccccc4)N2C(=O)C[C@@H]13. The molecule has 1 spiro atoms. The van der Waals surface area contributed by atoms with Gasteiger partial charge in [-0.3, -0.25) is 9.59 Å². The van der Waals surface area contributed by atoms with Crippen molar-refractivity contribution in [2.45, 2.75) is 37.1 Å². The molecule has 6 nitrogen and oxygen atoms in total. The number of hydrogen-bond acceptors (Lipinski definition) is 4. The predicted molar refractivity (Wildman–Crippen MR) is 101 cm³/mol. The van der Waals surface area contributed by atoms with Gasteiger partial charge in [0.2, 0.25) is 11.8 Å². The van der Waals surface area contributed by atoms with Crippen molar-refractivity contribution in [1.29, 1.82) is 0 Å². The summed E-state index contributed by atoms with van der Waals surface area (Å²) in [6, 6.07) is 13.3.